The molecule has 0 fully saturated rings. The molecule has 0 bridgehead atoms. The molecule has 5 atom stereocenters. The highest BCUT2D eigenvalue weighted by Gasteiger charge is 2.45. The first-order valence-electron chi connectivity index (χ1n) is 27.6. The van der Waals surface area contributed by atoms with Crippen molar-refractivity contribution in [3.8, 4) is 17.2 Å². The zero-order valence-corrected chi connectivity index (χ0v) is 50.2. The molecular weight excluding hydrogens is 1190 g/mol. The summed E-state index contributed by atoms with van der Waals surface area (Å²) in [5, 5.41) is 17.6. The number of nitrogens with zero attached hydrogens (tertiary/aromatic N) is 5. The number of aliphatic hydroxyl groups is 1. The van der Waals surface area contributed by atoms with Gasteiger partial charge in [-0.3, -0.25) is 43.5 Å². The summed E-state index contributed by atoms with van der Waals surface area (Å²) in [5.74, 6) is -2.17. The van der Waals surface area contributed by atoms with Gasteiger partial charge in [0, 0.05) is 61.7 Å². The van der Waals surface area contributed by atoms with Crippen LogP contribution in [0, 0.1) is 18.8 Å². The molecule has 3 aromatic carbocycles. The number of aliphatic hydroxyl groups excluding tert-OH is 1. The van der Waals surface area contributed by atoms with E-state index in [0.29, 0.717) is 73.4 Å². The number of ether oxygens (including phenoxy) is 4. The number of amides is 7. The number of hydrogen-bond acceptors (Lipinski definition) is 14. The van der Waals surface area contributed by atoms with E-state index < -0.39 is 54.0 Å². The fraction of sp³-hybridized carbons (Fsp3) is 0.450. The number of imide groups is 1. The summed E-state index contributed by atoms with van der Waals surface area (Å²) < 4.78 is 24.3. The summed E-state index contributed by atoms with van der Waals surface area (Å²) in [7, 11) is 1.45. The molecule has 82 heavy (non-hydrogen) atoms. The Morgan fingerprint density at radius 2 is 1.40 bits per heavy atom. The SMILES string of the molecule is COc1cc2c(cc1OCCCCCOc1cc3c(cc1C)C(=O)N1C=C(C)C[C@@H]1C=N3)N(C(=O)OCc1ccc(NC(=O)[C@@H](C)CC(=O)[C@H](NC(=O)CCCCCN3C(=O)C(Br)=C(Br)C3=O)C(C)C)cc1)[C@H](O)[C@H]1CC(C)=CN1C2=O. The van der Waals surface area contributed by atoms with E-state index in [1.54, 1.807) is 42.3 Å². The van der Waals surface area contributed by atoms with E-state index in [2.05, 4.69) is 47.5 Å². The Morgan fingerprint density at radius 3 is 2.09 bits per heavy atom. The van der Waals surface area contributed by atoms with Crippen molar-refractivity contribution in [3.63, 3.8) is 0 Å². The van der Waals surface area contributed by atoms with Gasteiger partial charge in [-0.15, -0.1) is 0 Å². The third kappa shape index (κ3) is 13.8. The minimum Gasteiger partial charge on any atom is -0.493 e. The molecule has 5 aliphatic rings. The van der Waals surface area contributed by atoms with Crippen LogP contribution in [0.15, 0.2) is 86.0 Å². The monoisotopic (exact) mass is 1250 g/mol. The Balaban J connectivity index is 0.819. The molecule has 8 rings (SSSR count). The second kappa shape index (κ2) is 26.8. The highest BCUT2D eigenvalue weighted by Crippen LogP contribution is 2.42. The number of aliphatic imine (C=N–C) groups is 1. The molecule has 0 spiro atoms. The zero-order valence-electron chi connectivity index (χ0n) is 47.1. The summed E-state index contributed by atoms with van der Waals surface area (Å²) in [6.07, 6.45) is 7.69. The third-order valence-corrected chi connectivity index (χ3v) is 17.0. The predicted octanol–water partition coefficient (Wildman–Crippen LogP) is 9.66. The lowest BCUT2D eigenvalue weighted by Gasteiger charge is -2.31. The van der Waals surface area contributed by atoms with Crippen molar-refractivity contribution in [1.82, 2.24) is 20.0 Å². The predicted molar refractivity (Wildman–Crippen MR) is 313 cm³/mol. The molecule has 0 aliphatic carbocycles. The molecule has 0 saturated heterocycles. The van der Waals surface area contributed by atoms with Crippen molar-refractivity contribution in [3.05, 3.63) is 103 Å². The fourth-order valence-electron chi connectivity index (χ4n) is 10.4. The first-order valence-corrected chi connectivity index (χ1v) is 29.2. The topological polar surface area (TPSA) is 243 Å². The quantitative estimate of drug-likeness (QED) is 0.0559. The standard InChI is InChI=1S/C60H69Br2N7O13/c1-33(2)53(65-50(71)14-10-8-11-19-66-58(76)51(61)52(62)59(66)77)46(70)25-37(6)54(72)64-39-17-15-38(16-18-39)32-82-60(78)69-44-28-49(48(79-7)26-42(44)56(74)68-31-35(4)23-45(68)57(69)75)81-21-13-9-12-20-80-47-27-43-41(24-36(47)5)55(73)67-30-34(3)22-40(67)29-63-43/h15-18,24,26-31,33,37,40,45,53,57,75H,8-14,19-23,25,32H2,1-7H3,(H,64,72)(H,65,71)/t37-,40+,45+,53+,57+/m0/s1. The molecule has 3 N–H and O–H groups in total. The van der Waals surface area contributed by atoms with Gasteiger partial charge in [-0.1, -0.05) is 50.5 Å². The van der Waals surface area contributed by atoms with Crippen LogP contribution in [0.5, 0.6) is 17.2 Å². The highest BCUT2D eigenvalue weighted by atomic mass is 79.9. The Morgan fingerprint density at radius 1 is 0.756 bits per heavy atom. The van der Waals surface area contributed by atoms with Gasteiger partial charge in [-0.2, -0.15) is 0 Å². The lowest BCUT2D eigenvalue weighted by atomic mass is 9.92. The summed E-state index contributed by atoms with van der Waals surface area (Å²) in [4.78, 5) is 116. The Hall–Kier alpha value is -7.17. The van der Waals surface area contributed by atoms with Gasteiger partial charge < -0.3 is 44.5 Å². The molecule has 0 radical (unpaired) electrons. The maximum atomic E-state index is 14.2. The van der Waals surface area contributed by atoms with Crippen molar-refractivity contribution in [2.75, 3.05) is 37.1 Å². The van der Waals surface area contributed by atoms with Crippen molar-refractivity contribution in [2.24, 2.45) is 16.8 Å². The smallest absolute Gasteiger partial charge is 0.416 e. The summed E-state index contributed by atoms with van der Waals surface area (Å²) in [6, 6.07) is 11.5. The Labute approximate surface area is 493 Å². The van der Waals surface area contributed by atoms with Gasteiger partial charge in [-0.05, 0) is 139 Å². The van der Waals surface area contributed by atoms with Crippen LogP contribution < -0.4 is 29.7 Å². The molecule has 22 heteroatoms. The molecule has 5 heterocycles. The normalized spacial score (nSPS) is 19.0. The van der Waals surface area contributed by atoms with Crippen LogP contribution in [-0.4, -0.2) is 125 Å². The molecule has 0 unspecified atom stereocenters. The van der Waals surface area contributed by atoms with E-state index in [-0.39, 0.29) is 93.9 Å². The maximum absolute atomic E-state index is 14.2. The summed E-state index contributed by atoms with van der Waals surface area (Å²) in [6.45, 7) is 11.7. The van der Waals surface area contributed by atoms with Crippen LogP contribution in [0.3, 0.4) is 0 Å². The maximum Gasteiger partial charge on any atom is 0.416 e. The van der Waals surface area contributed by atoms with Crippen molar-refractivity contribution < 1.29 is 62.4 Å². The molecule has 0 saturated carbocycles. The van der Waals surface area contributed by atoms with Gasteiger partial charge >= 0.3 is 6.09 Å². The van der Waals surface area contributed by atoms with Crippen LogP contribution in [-0.2, 0) is 35.3 Å². The number of anilines is 2. The van der Waals surface area contributed by atoms with Gasteiger partial charge in [-0.25, -0.2) is 9.69 Å². The van der Waals surface area contributed by atoms with Crippen LogP contribution in [0.25, 0.3) is 0 Å². The Kier molecular flexibility index (Phi) is 19.9. The number of Topliss-reactive ketones (excluding diaryl/α,β-unsaturated/α-hetero) is 1. The zero-order chi connectivity index (χ0) is 59.1. The molecule has 436 valence electrons. The van der Waals surface area contributed by atoms with E-state index in [1.807, 2.05) is 59.2 Å². The number of fused-ring (bicyclic) bond motifs is 4. The highest BCUT2D eigenvalue weighted by molar-refractivity contribution is 9.14. The average Bonchev–Trinajstić information content (AvgIpc) is 4.01. The molecule has 20 nitrogen and oxygen atoms in total. The number of methoxy groups -OCH3 is 1. The van der Waals surface area contributed by atoms with E-state index in [4.69, 9.17) is 18.9 Å². The first kappa shape index (κ1) is 60.9. The second-order valence-electron chi connectivity index (χ2n) is 21.7. The van der Waals surface area contributed by atoms with Crippen LogP contribution in [0.1, 0.15) is 131 Å². The third-order valence-electron chi connectivity index (χ3n) is 15.0. The summed E-state index contributed by atoms with van der Waals surface area (Å²) in [5.41, 5.74) is 5.09. The average molecular weight is 1260 g/mol. The van der Waals surface area contributed by atoms with Gasteiger partial charge in [0.05, 0.1) is 61.0 Å². The number of nitrogens with one attached hydrogen (secondary N) is 2. The number of carbonyl (C=O) groups is 8. The van der Waals surface area contributed by atoms with E-state index >= 15 is 0 Å². The van der Waals surface area contributed by atoms with Crippen LogP contribution >= 0.6 is 31.9 Å². The number of carbonyl (C=O) groups excluding carboxylic acids is 8. The van der Waals surface area contributed by atoms with Crippen LogP contribution in [0.4, 0.5) is 21.9 Å². The van der Waals surface area contributed by atoms with E-state index in [1.165, 1.54) is 24.1 Å². The first-order chi connectivity index (χ1) is 39.1. The number of unbranched alkanes of at least 4 members (excludes halogenated alkanes) is 4. The van der Waals surface area contributed by atoms with Gasteiger partial charge in [0.1, 0.15) is 21.3 Å². The lowest BCUT2D eigenvalue weighted by molar-refractivity contribution is -0.137. The fourth-order valence-corrected chi connectivity index (χ4v) is 11.2. The molecule has 3 aromatic rings. The van der Waals surface area contributed by atoms with Crippen LogP contribution in [0.2, 0.25) is 0 Å². The minimum absolute atomic E-state index is 0.0783. The number of benzene rings is 3. The van der Waals surface area contributed by atoms with Crippen molar-refractivity contribution in [1.29, 1.82) is 0 Å². The largest absolute Gasteiger partial charge is 0.493 e. The van der Waals surface area contributed by atoms with E-state index in [9.17, 15) is 43.5 Å². The minimum atomic E-state index is -1.51. The number of hydrogen-bond donors (Lipinski definition) is 3. The number of ketones is 1. The van der Waals surface area contributed by atoms with Gasteiger partial charge in [0.2, 0.25) is 11.8 Å². The van der Waals surface area contributed by atoms with Gasteiger partial charge in [0.15, 0.2) is 23.5 Å². The lowest BCUT2D eigenvalue weighted by Crippen LogP contribution is -2.50. The number of aryl methyl sites for hydroxylation is 1. The summed E-state index contributed by atoms with van der Waals surface area (Å²) >= 11 is 6.22. The Bertz CT molecular complexity index is 3130. The molecule has 0 aromatic heterocycles. The van der Waals surface area contributed by atoms with Crippen molar-refractivity contribution >= 4 is 102 Å². The molecule has 7 amide bonds. The van der Waals surface area contributed by atoms with Gasteiger partial charge in [0.25, 0.3) is 23.6 Å². The second-order valence-corrected chi connectivity index (χ2v) is 23.3. The molecular formula is C60H69Br2N7O13. The molecule has 5 aliphatic heterocycles. The van der Waals surface area contributed by atoms with Crippen molar-refractivity contribution in [2.45, 2.75) is 137 Å². The number of halogens is 2. The van der Waals surface area contributed by atoms with E-state index in [0.717, 1.165) is 39.4 Å². The number of rotatable bonds is 24.